The van der Waals surface area contributed by atoms with Gasteiger partial charge in [-0.2, -0.15) is 0 Å². The van der Waals surface area contributed by atoms with E-state index < -0.39 is 5.97 Å². The highest BCUT2D eigenvalue weighted by molar-refractivity contribution is 5.87. The minimum Gasteiger partial charge on any atom is -0.478 e. The predicted octanol–water partition coefficient (Wildman–Crippen LogP) is 3.38. The van der Waals surface area contributed by atoms with Gasteiger partial charge in [0.1, 0.15) is 0 Å². The molecule has 0 saturated carbocycles. The Labute approximate surface area is 159 Å². The smallest absolute Gasteiger partial charge is 0.335 e. The van der Waals surface area contributed by atoms with Crippen molar-refractivity contribution in [3.8, 4) is 0 Å². The van der Waals surface area contributed by atoms with Crippen molar-refractivity contribution in [1.82, 2.24) is 4.90 Å². The summed E-state index contributed by atoms with van der Waals surface area (Å²) in [5.74, 6) is -0.384. The van der Waals surface area contributed by atoms with Gasteiger partial charge in [0.05, 0.1) is 18.8 Å². The number of likely N-dealkylation sites (tertiary alicyclic amines) is 1. The molecule has 1 amide bonds. The number of rotatable bonds is 8. The molecule has 1 saturated heterocycles. The van der Waals surface area contributed by atoms with E-state index in [1.165, 1.54) is 0 Å². The van der Waals surface area contributed by atoms with Crippen molar-refractivity contribution in [3.05, 3.63) is 71.3 Å². The summed E-state index contributed by atoms with van der Waals surface area (Å²) in [6, 6.07) is 16.8. The zero-order chi connectivity index (χ0) is 19.1. The van der Waals surface area contributed by atoms with Crippen LogP contribution in [-0.2, 0) is 22.6 Å². The van der Waals surface area contributed by atoms with E-state index >= 15 is 0 Å². The highest BCUT2D eigenvalue weighted by atomic mass is 16.5. The second-order valence-corrected chi connectivity index (χ2v) is 7.00. The molecule has 0 aromatic heterocycles. The number of ether oxygens (including phenoxy) is 1. The van der Waals surface area contributed by atoms with Crippen LogP contribution >= 0.6 is 0 Å². The number of carboxylic acid groups (broad SMARTS) is 1. The first-order chi connectivity index (χ1) is 13.1. The molecular weight excluding hydrogens is 342 g/mol. The minimum atomic E-state index is -0.935. The fourth-order valence-corrected chi connectivity index (χ4v) is 3.34. The summed E-state index contributed by atoms with van der Waals surface area (Å²) >= 11 is 0. The molecule has 1 atom stereocenters. The second kappa shape index (κ2) is 9.33. The topological polar surface area (TPSA) is 66.8 Å². The third-order valence-electron chi connectivity index (χ3n) is 4.93. The molecule has 27 heavy (non-hydrogen) atoms. The van der Waals surface area contributed by atoms with Gasteiger partial charge < -0.3 is 14.7 Å². The summed E-state index contributed by atoms with van der Waals surface area (Å²) < 4.78 is 5.81. The zero-order valence-corrected chi connectivity index (χ0v) is 15.3. The number of hydrogen-bond donors (Lipinski definition) is 1. The molecule has 142 valence electrons. The first kappa shape index (κ1) is 19.1. The summed E-state index contributed by atoms with van der Waals surface area (Å²) in [6.45, 7) is 2.83. The standard InChI is InChI=1S/C22H25NO4/c24-21(11-8-17-6-9-20(10-7-17)22(25)26)23-13-12-19(14-23)16-27-15-18-4-2-1-3-5-18/h1-7,9-10,19H,8,11-16H2,(H,25,26)/t19-/m0/s1. The Morgan fingerprint density at radius 1 is 1.04 bits per heavy atom. The van der Waals surface area contributed by atoms with Crippen molar-refractivity contribution in [1.29, 1.82) is 0 Å². The summed E-state index contributed by atoms with van der Waals surface area (Å²) in [7, 11) is 0. The SMILES string of the molecule is O=C(O)c1ccc(CCC(=O)N2CC[C@H](COCc3ccccc3)C2)cc1. The van der Waals surface area contributed by atoms with Crippen molar-refractivity contribution in [2.75, 3.05) is 19.7 Å². The highest BCUT2D eigenvalue weighted by Gasteiger charge is 2.26. The van der Waals surface area contributed by atoms with Crippen molar-refractivity contribution in [2.24, 2.45) is 5.92 Å². The summed E-state index contributed by atoms with van der Waals surface area (Å²) in [5.41, 5.74) is 2.41. The Hall–Kier alpha value is -2.66. The van der Waals surface area contributed by atoms with Gasteiger partial charge in [-0.05, 0) is 36.1 Å². The van der Waals surface area contributed by atoms with Gasteiger partial charge in [0, 0.05) is 25.4 Å². The third kappa shape index (κ3) is 5.66. The average Bonchev–Trinajstić information content (AvgIpc) is 3.16. The number of aryl methyl sites for hydroxylation is 1. The van der Waals surface area contributed by atoms with Crippen molar-refractivity contribution < 1.29 is 19.4 Å². The van der Waals surface area contributed by atoms with Crippen molar-refractivity contribution in [2.45, 2.75) is 25.9 Å². The lowest BCUT2D eigenvalue weighted by atomic mass is 10.1. The number of nitrogens with zero attached hydrogens (tertiary/aromatic N) is 1. The monoisotopic (exact) mass is 367 g/mol. The molecule has 2 aromatic carbocycles. The number of benzene rings is 2. The number of amides is 1. The largest absolute Gasteiger partial charge is 0.478 e. The molecule has 0 aliphatic carbocycles. The molecular formula is C22H25NO4. The normalized spacial score (nSPS) is 16.4. The Morgan fingerprint density at radius 2 is 1.78 bits per heavy atom. The molecule has 1 aliphatic heterocycles. The van der Waals surface area contributed by atoms with Crippen LogP contribution in [0.2, 0.25) is 0 Å². The summed E-state index contributed by atoms with van der Waals surface area (Å²) in [4.78, 5) is 25.2. The maximum Gasteiger partial charge on any atom is 0.335 e. The van der Waals surface area contributed by atoms with Gasteiger partial charge in [-0.15, -0.1) is 0 Å². The lowest BCUT2D eigenvalue weighted by Crippen LogP contribution is -2.29. The second-order valence-electron chi connectivity index (χ2n) is 7.00. The summed E-state index contributed by atoms with van der Waals surface area (Å²) in [5, 5.41) is 8.92. The van der Waals surface area contributed by atoms with Crippen LogP contribution in [0.1, 0.15) is 34.3 Å². The van der Waals surface area contributed by atoms with Gasteiger partial charge in [-0.3, -0.25) is 4.79 Å². The molecule has 1 N–H and O–H groups in total. The molecule has 0 unspecified atom stereocenters. The molecule has 1 aliphatic rings. The Bertz CT molecular complexity index is 758. The lowest BCUT2D eigenvalue weighted by molar-refractivity contribution is -0.130. The molecule has 0 bridgehead atoms. The van der Waals surface area contributed by atoms with Gasteiger partial charge in [-0.1, -0.05) is 42.5 Å². The van der Waals surface area contributed by atoms with E-state index in [9.17, 15) is 9.59 Å². The van der Waals surface area contributed by atoms with Gasteiger partial charge in [0.2, 0.25) is 5.91 Å². The van der Waals surface area contributed by atoms with Crippen LogP contribution in [0.15, 0.2) is 54.6 Å². The Kier molecular flexibility index (Phi) is 6.60. The molecule has 3 rings (SSSR count). The lowest BCUT2D eigenvalue weighted by Gasteiger charge is -2.17. The average molecular weight is 367 g/mol. The highest BCUT2D eigenvalue weighted by Crippen LogP contribution is 2.19. The van der Waals surface area contributed by atoms with Gasteiger partial charge in [0.25, 0.3) is 0 Å². The summed E-state index contributed by atoms with van der Waals surface area (Å²) in [6.07, 6.45) is 2.06. The fraction of sp³-hybridized carbons (Fsp3) is 0.364. The Morgan fingerprint density at radius 3 is 2.48 bits per heavy atom. The Balaban J connectivity index is 1.37. The van der Waals surface area contributed by atoms with Crippen molar-refractivity contribution in [3.63, 3.8) is 0 Å². The van der Waals surface area contributed by atoms with Crippen LogP contribution < -0.4 is 0 Å². The molecule has 5 nitrogen and oxygen atoms in total. The van der Waals surface area contributed by atoms with Gasteiger partial charge >= 0.3 is 5.97 Å². The van der Waals surface area contributed by atoms with E-state index in [1.807, 2.05) is 35.2 Å². The van der Waals surface area contributed by atoms with E-state index in [0.29, 0.717) is 32.0 Å². The van der Waals surface area contributed by atoms with Crippen LogP contribution in [0.5, 0.6) is 0 Å². The molecule has 5 heteroatoms. The predicted molar refractivity (Wildman–Crippen MR) is 103 cm³/mol. The van der Waals surface area contributed by atoms with Crippen LogP contribution in [0, 0.1) is 5.92 Å². The molecule has 1 fully saturated rings. The maximum atomic E-state index is 12.4. The van der Waals surface area contributed by atoms with Crippen LogP contribution in [0.3, 0.4) is 0 Å². The number of carbonyl (C=O) groups excluding carboxylic acids is 1. The quantitative estimate of drug-likeness (QED) is 0.777. The van der Waals surface area contributed by atoms with E-state index in [2.05, 4.69) is 0 Å². The van der Waals surface area contributed by atoms with E-state index in [4.69, 9.17) is 9.84 Å². The third-order valence-corrected chi connectivity index (χ3v) is 4.93. The minimum absolute atomic E-state index is 0.155. The van der Waals surface area contributed by atoms with Crippen LogP contribution in [0.25, 0.3) is 0 Å². The first-order valence-electron chi connectivity index (χ1n) is 9.33. The van der Waals surface area contributed by atoms with E-state index in [0.717, 1.165) is 30.6 Å². The fourth-order valence-electron chi connectivity index (χ4n) is 3.34. The molecule has 0 radical (unpaired) electrons. The van der Waals surface area contributed by atoms with Crippen molar-refractivity contribution >= 4 is 11.9 Å². The molecule has 2 aromatic rings. The molecule has 1 heterocycles. The van der Waals surface area contributed by atoms with Gasteiger partial charge in [-0.25, -0.2) is 4.79 Å². The molecule has 0 spiro atoms. The van der Waals surface area contributed by atoms with Crippen LogP contribution in [-0.4, -0.2) is 41.6 Å². The number of carboxylic acids is 1. The zero-order valence-electron chi connectivity index (χ0n) is 15.3. The maximum absolute atomic E-state index is 12.4. The number of hydrogen-bond acceptors (Lipinski definition) is 3. The first-order valence-corrected chi connectivity index (χ1v) is 9.33. The van der Waals surface area contributed by atoms with E-state index in [-0.39, 0.29) is 11.5 Å². The number of aromatic carboxylic acids is 1. The number of carbonyl (C=O) groups is 2. The van der Waals surface area contributed by atoms with Gasteiger partial charge in [0.15, 0.2) is 0 Å². The van der Waals surface area contributed by atoms with Crippen LogP contribution in [0.4, 0.5) is 0 Å². The van der Waals surface area contributed by atoms with E-state index in [1.54, 1.807) is 24.3 Å².